The molecular weight excluding hydrogens is 376 g/mol. The normalized spacial score (nSPS) is 11.2. The Morgan fingerprint density at radius 3 is 2.42 bits per heavy atom. The molecule has 140 valence electrons. The van der Waals surface area contributed by atoms with E-state index in [1.54, 1.807) is 44.2 Å². The number of amides is 1. The van der Waals surface area contributed by atoms with Crippen molar-refractivity contribution in [3.8, 4) is 5.75 Å². The molecule has 0 aromatic heterocycles. The fourth-order valence-corrected chi connectivity index (χ4v) is 3.51. The van der Waals surface area contributed by atoms with Crippen LogP contribution in [0, 0.1) is 13.8 Å². The minimum absolute atomic E-state index is 0.0996. The van der Waals surface area contributed by atoms with Gasteiger partial charge >= 0.3 is 0 Å². The molecule has 0 aliphatic carbocycles. The van der Waals surface area contributed by atoms with Gasteiger partial charge < -0.3 is 10.1 Å². The Morgan fingerprint density at radius 1 is 1.15 bits per heavy atom. The second-order valence-electron chi connectivity index (χ2n) is 5.68. The molecule has 0 spiro atoms. The van der Waals surface area contributed by atoms with Crippen LogP contribution in [0.2, 0.25) is 5.02 Å². The summed E-state index contributed by atoms with van der Waals surface area (Å²) in [5.74, 6) is 0.289. The maximum atomic E-state index is 12.3. The van der Waals surface area contributed by atoms with Gasteiger partial charge in [-0.05, 0) is 68.4 Å². The number of sulfonamides is 1. The van der Waals surface area contributed by atoms with E-state index in [9.17, 15) is 13.2 Å². The number of carbonyl (C=O) groups excluding carboxylic acids is 1. The van der Waals surface area contributed by atoms with E-state index >= 15 is 0 Å². The number of benzene rings is 2. The van der Waals surface area contributed by atoms with Crippen LogP contribution in [0.3, 0.4) is 0 Å². The largest absolute Gasteiger partial charge is 0.492 e. The van der Waals surface area contributed by atoms with Crippen LogP contribution in [-0.4, -0.2) is 34.5 Å². The predicted molar refractivity (Wildman–Crippen MR) is 101 cm³/mol. The van der Waals surface area contributed by atoms with E-state index < -0.39 is 10.0 Å². The molecule has 0 atom stereocenters. The lowest BCUT2D eigenvalue weighted by Crippen LogP contribution is -2.29. The van der Waals surface area contributed by atoms with Gasteiger partial charge in [-0.25, -0.2) is 13.1 Å². The van der Waals surface area contributed by atoms with Crippen LogP contribution < -0.4 is 14.8 Å². The maximum absolute atomic E-state index is 12.3. The molecule has 26 heavy (non-hydrogen) atoms. The van der Waals surface area contributed by atoms with Crippen molar-refractivity contribution in [2.45, 2.75) is 18.7 Å². The van der Waals surface area contributed by atoms with Crippen molar-refractivity contribution in [3.63, 3.8) is 0 Å². The summed E-state index contributed by atoms with van der Waals surface area (Å²) in [7, 11) is -2.30. The molecule has 2 aromatic carbocycles. The Balaban J connectivity index is 2.02. The van der Waals surface area contributed by atoms with Crippen molar-refractivity contribution < 1.29 is 17.9 Å². The Labute approximate surface area is 158 Å². The average molecular weight is 397 g/mol. The van der Waals surface area contributed by atoms with Gasteiger partial charge in [0, 0.05) is 10.6 Å². The van der Waals surface area contributed by atoms with E-state index in [0.717, 1.165) is 5.56 Å². The van der Waals surface area contributed by atoms with Gasteiger partial charge in [-0.15, -0.1) is 0 Å². The fourth-order valence-electron chi connectivity index (χ4n) is 2.31. The van der Waals surface area contributed by atoms with E-state index in [-0.39, 0.29) is 29.5 Å². The molecule has 0 aliphatic heterocycles. The zero-order valence-electron chi connectivity index (χ0n) is 14.8. The quantitative estimate of drug-likeness (QED) is 0.704. The highest BCUT2D eigenvalue weighted by Gasteiger charge is 2.19. The smallest absolute Gasteiger partial charge is 0.251 e. The van der Waals surface area contributed by atoms with Crippen LogP contribution in [-0.2, 0) is 10.0 Å². The first-order valence-electron chi connectivity index (χ1n) is 7.96. The zero-order valence-corrected chi connectivity index (χ0v) is 16.4. The molecule has 2 aromatic rings. The number of nitrogens with one attached hydrogen (secondary N) is 2. The molecule has 0 saturated carbocycles. The molecule has 1 amide bonds. The summed E-state index contributed by atoms with van der Waals surface area (Å²) in [5, 5.41) is 3.34. The number of halogens is 1. The molecule has 0 radical (unpaired) electrons. The first kappa shape index (κ1) is 20.2. The minimum atomic E-state index is -3.64. The monoisotopic (exact) mass is 396 g/mol. The van der Waals surface area contributed by atoms with Crippen LogP contribution in [0.25, 0.3) is 0 Å². The molecule has 2 rings (SSSR count). The first-order valence-corrected chi connectivity index (χ1v) is 9.82. The summed E-state index contributed by atoms with van der Waals surface area (Å²) < 4.78 is 32.0. The van der Waals surface area contributed by atoms with E-state index in [1.807, 2.05) is 0 Å². The topological polar surface area (TPSA) is 84.5 Å². The van der Waals surface area contributed by atoms with Gasteiger partial charge in [-0.2, -0.15) is 0 Å². The minimum Gasteiger partial charge on any atom is -0.492 e. The molecule has 0 fully saturated rings. The third kappa shape index (κ3) is 4.97. The third-order valence-corrected chi connectivity index (χ3v) is 5.70. The summed E-state index contributed by atoms with van der Waals surface area (Å²) in [6.07, 6.45) is 0. The molecule has 0 heterocycles. The van der Waals surface area contributed by atoms with Crippen molar-refractivity contribution in [1.82, 2.24) is 10.0 Å². The number of aryl methyl sites for hydroxylation is 1. The highest BCUT2D eigenvalue weighted by molar-refractivity contribution is 7.89. The summed E-state index contributed by atoms with van der Waals surface area (Å²) in [6, 6.07) is 9.95. The van der Waals surface area contributed by atoms with Crippen LogP contribution in [0.1, 0.15) is 21.5 Å². The Morgan fingerprint density at radius 2 is 1.81 bits per heavy atom. The van der Waals surface area contributed by atoms with E-state index in [1.165, 1.54) is 13.1 Å². The Kier molecular flexibility index (Phi) is 6.63. The van der Waals surface area contributed by atoms with Crippen LogP contribution in [0.5, 0.6) is 5.75 Å². The summed E-state index contributed by atoms with van der Waals surface area (Å²) in [4.78, 5) is 12.4. The predicted octanol–water partition coefficient (Wildman–Crippen LogP) is 2.67. The Hall–Kier alpha value is -2.09. The van der Waals surface area contributed by atoms with Gasteiger partial charge in [0.1, 0.15) is 12.4 Å². The van der Waals surface area contributed by atoms with Crippen LogP contribution in [0.15, 0.2) is 41.3 Å². The molecule has 0 unspecified atom stereocenters. The number of carbonyl (C=O) groups is 1. The highest BCUT2D eigenvalue weighted by Crippen LogP contribution is 2.21. The van der Waals surface area contributed by atoms with Crippen molar-refractivity contribution in [1.29, 1.82) is 0 Å². The van der Waals surface area contributed by atoms with Gasteiger partial charge in [0.2, 0.25) is 10.0 Å². The number of hydrogen-bond donors (Lipinski definition) is 2. The number of rotatable bonds is 7. The van der Waals surface area contributed by atoms with Crippen LogP contribution >= 0.6 is 11.6 Å². The molecule has 0 bridgehead atoms. The molecule has 8 heteroatoms. The van der Waals surface area contributed by atoms with E-state index in [2.05, 4.69) is 10.0 Å². The fraction of sp³-hybridized carbons (Fsp3) is 0.278. The molecule has 0 aliphatic rings. The Bertz CT molecular complexity index is 896. The standard InChI is InChI=1S/C18H21ClN2O4S/c1-12-10-14(11-17(13(12)2)26(23,24)20-3)18(22)21-8-9-25-16-6-4-15(19)5-7-16/h4-7,10-11,20H,8-9H2,1-3H3,(H,21,22). The highest BCUT2D eigenvalue weighted by atomic mass is 35.5. The van der Waals surface area contributed by atoms with Gasteiger partial charge in [-0.3, -0.25) is 4.79 Å². The average Bonchev–Trinajstić information content (AvgIpc) is 2.62. The third-order valence-electron chi connectivity index (χ3n) is 3.91. The molecule has 0 saturated heterocycles. The van der Waals surface area contributed by atoms with Crippen molar-refractivity contribution in [3.05, 3.63) is 58.1 Å². The van der Waals surface area contributed by atoms with Gasteiger partial charge in [0.25, 0.3) is 5.91 Å². The van der Waals surface area contributed by atoms with E-state index in [0.29, 0.717) is 16.3 Å². The molecule has 2 N–H and O–H groups in total. The zero-order chi connectivity index (χ0) is 19.3. The summed E-state index contributed by atoms with van der Waals surface area (Å²) >= 11 is 5.80. The van der Waals surface area contributed by atoms with Gasteiger partial charge in [0.15, 0.2) is 0 Å². The first-order chi connectivity index (χ1) is 12.2. The SMILES string of the molecule is CNS(=O)(=O)c1cc(C(=O)NCCOc2ccc(Cl)cc2)cc(C)c1C. The van der Waals surface area contributed by atoms with Crippen LogP contribution in [0.4, 0.5) is 0 Å². The number of ether oxygens (including phenoxy) is 1. The lowest BCUT2D eigenvalue weighted by molar-refractivity contribution is 0.0946. The molecular formula is C18H21ClN2O4S. The maximum Gasteiger partial charge on any atom is 0.251 e. The summed E-state index contributed by atoms with van der Waals surface area (Å²) in [6.45, 7) is 4.04. The van der Waals surface area contributed by atoms with Gasteiger partial charge in [0.05, 0.1) is 11.4 Å². The lowest BCUT2D eigenvalue weighted by atomic mass is 10.1. The second kappa shape index (κ2) is 8.53. The van der Waals surface area contributed by atoms with Gasteiger partial charge in [-0.1, -0.05) is 11.6 Å². The lowest BCUT2D eigenvalue weighted by Gasteiger charge is -2.13. The molecule has 6 nitrogen and oxygen atoms in total. The second-order valence-corrected chi connectivity index (χ2v) is 7.97. The number of hydrogen-bond acceptors (Lipinski definition) is 4. The van der Waals surface area contributed by atoms with Crippen molar-refractivity contribution in [2.75, 3.05) is 20.2 Å². The van der Waals surface area contributed by atoms with Crippen molar-refractivity contribution >= 4 is 27.5 Å². The van der Waals surface area contributed by atoms with E-state index in [4.69, 9.17) is 16.3 Å². The van der Waals surface area contributed by atoms with Crippen molar-refractivity contribution in [2.24, 2.45) is 0 Å². The summed E-state index contributed by atoms with van der Waals surface area (Å²) in [5.41, 5.74) is 1.62.